The number of aryl methyl sites for hydroxylation is 1. The first-order chi connectivity index (χ1) is 11.4. The standard InChI is InChI=1S/C17H24N2O3S2/c1-12-7-16(23-11-12)24(21,22)19-9-13-5-6-15(19)10-18(8-13)17(20)14-3-2-4-14/h7,11,13-15H,2-6,8-10H2,1H3. The fraction of sp³-hybridized carbons (Fsp3) is 0.706. The van der Waals surface area contributed by atoms with Crippen LogP contribution in [0.5, 0.6) is 0 Å². The molecule has 0 radical (unpaired) electrons. The van der Waals surface area contributed by atoms with Crippen molar-refractivity contribution in [3.05, 3.63) is 17.0 Å². The average Bonchev–Trinajstić information content (AvgIpc) is 2.74. The quantitative estimate of drug-likeness (QED) is 0.823. The van der Waals surface area contributed by atoms with Crippen molar-refractivity contribution in [1.29, 1.82) is 0 Å². The molecule has 0 spiro atoms. The molecule has 1 saturated carbocycles. The number of nitrogens with zero attached hydrogens (tertiary/aromatic N) is 2. The minimum Gasteiger partial charge on any atom is -0.341 e. The molecule has 5 nitrogen and oxygen atoms in total. The van der Waals surface area contributed by atoms with Crippen LogP contribution in [0.4, 0.5) is 0 Å². The first-order valence-corrected chi connectivity index (χ1v) is 11.1. The predicted molar refractivity (Wildman–Crippen MR) is 93.4 cm³/mol. The summed E-state index contributed by atoms with van der Waals surface area (Å²) in [5.41, 5.74) is 0.986. The van der Waals surface area contributed by atoms with Gasteiger partial charge >= 0.3 is 0 Å². The smallest absolute Gasteiger partial charge is 0.252 e. The number of carbonyl (C=O) groups is 1. The Balaban J connectivity index is 1.57. The molecule has 4 fully saturated rings. The van der Waals surface area contributed by atoms with Crippen LogP contribution in [0, 0.1) is 18.8 Å². The maximum absolute atomic E-state index is 13.1. The maximum Gasteiger partial charge on any atom is 0.252 e. The Morgan fingerprint density at radius 1 is 1.17 bits per heavy atom. The lowest BCUT2D eigenvalue weighted by atomic mass is 9.84. The van der Waals surface area contributed by atoms with E-state index in [2.05, 4.69) is 0 Å². The lowest BCUT2D eigenvalue weighted by molar-refractivity contribution is -0.138. The van der Waals surface area contributed by atoms with Crippen LogP contribution in [0.2, 0.25) is 0 Å². The van der Waals surface area contributed by atoms with Crippen LogP contribution in [0.1, 0.15) is 37.7 Å². The molecule has 1 aromatic heterocycles. The van der Waals surface area contributed by atoms with Gasteiger partial charge in [-0.25, -0.2) is 8.42 Å². The van der Waals surface area contributed by atoms with Gasteiger partial charge in [-0.1, -0.05) is 6.42 Å². The molecule has 0 aromatic carbocycles. The summed E-state index contributed by atoms with van der Waals surface area (Å²) < 4.78 is 28.2. The first kappa shape index (κ1) is 16.5. The topological polar surface area (TPSA) is 57.7 Å². The Morgan fingerprint density at radius 2 is 1.96 bits per heavy atom. The second kappa shape index (κ2) is 6.11. The highest BCUT2D eigenvalue weighted by molar-refractivity contribution is 7.91. The average molecular weight is 369 g/mol. The van der Waals surface area contributed by atoms with E-state index in [-0.39, 0.29) is 23.8 Å². The molecule has 0 N–H and O–H groups in total. The van der Waals surface area contributed by atoms with Crippen molar-refractivity contribution in [3.8, 4) is 0 Å². The zero-order chi connectivity index (χ0) is 16.9. The van der Waals surface area contributed by atoms with E-state index in [1.54, 1.807) is 10.4 Å². The van der Waals surface area contributed by atoms with Crippen molar-refractivity contribution in [2.75, 3.05) is 19.6 Å². The van der Waals surface area contributed by atoms with Crippen molar-refractivity contribution in [2.45, 2.75) is 49.3 Å². The van der Waals surface area contributed by atoms with E-state index in [0.717, 1.165) is 44.2 Å². The molecule has 5 rings (SSSR count). The SMILES string of the molecule is Cc1csc(S(=O)(=O)N2CC3CCC2CN(C(=O)C2CCC2)C3)c1. The van der Waals surface area contributed by atoms with Crippen molar-refractivity contribution >= 4 is 27.3 Å². The Hall–Kier alpha value is -0.920. The van der Waals surface area contributed by atoms with Gasteiger partial charge in [0, 0.05) is 31.6 Å². The molecule has 132 valence electrons. The van der Waals surface area contributed by atoms with Crippen LogP contribution in [0.3, 0.4) is 0 Å². The summed E-state index contributed by atoms with van der Waals surface area (Å²) in [6, 6.07) is 1.69. The number of carbonyl (C=O) groups excluding carboxylic acids is 1. The molecule has 24 heavy (non-hydrogen) atoms. The summed E-state index contributed by atoms with van der Waals surface area (Å²) in [4.78, 5) is 14.6. The van der Waals surface area contributed by atoms with Gasteiger partial charge in [-0.2, -0.15) is 4.31 Å². The molecule has 2 bridgehead atoms. The Morgan fingerprint density at radius 3 is 2.58 bits per heavy atom. The molecule has 1 aliphatic carbocycles. The van der Waals surface area contributed by atoms with E-state index in [1.807, 2.05) is 17.2 Å². The van der Waals surface area contributed by atoms with E-state index in [0.29, 0.717) is 17.3 Å². The fourth-order valence-corrected chi connectivity index (χ4v) is 7.16. The Bertz CT molecular complexity index is 739. The van der Waals surface area contributed by atoms with Crippen molar-refractivity contribution in [1.82, 2.24) is 9.21 Å². The Labute approximate surface area is 147 Å². The molecule has 7 heteroatoms. The number of hydrogen-bond donors (Lipinski definition) is 0. The van der Waals surface area contributed by atoms with E-state index < -0.39 is 10.0 Å². The molecule has 3 saturated heterocycles. The third-order valence-corrected chi connectivity index (χ3v) is 9.15. The molecule has 1 amide bonds. The minimum absolute atomic E-state index is 0.0693. The third kappa shape index (κ3) is 2.80. The molecular formula is C17H24N2O3S2. The van der Waals surface area contributed by atoms with Gasteiger partial charge in [0.25, 0.3) is 10.0 Å². The lowest BCUT2D eigenvalue weighted by Gasteiger charge is -2.34. The summed E-state index contributed by atoms with van der Waals surface area (Å²) in [5, 5.41) is 1.88. The predicted octanol–water partition coefficient (Wildman–Crippen LogP) is 2.47. The molecule has 2 unspecified atom stereocenters. The van der Waals surface area contributed by atoms with E-state index in [9.17, 15) is 13.2 Å². The largest absolute Gasteiger partial charge is 0.341 e. The van der Waals surface area contributed by atoms with Crippen LogP contribution in [0.25, 0.3) is 0 Å². The zero-order valence-corrected chi connectivity index (χ0v) is 15.6. The zero-order valence-electron chi connectivity index (χ0n) is 14.0. The van der Waals surface area contributed by atoms with Gasteiger partial charge in [0.2, 0.25) is 5.91 Å². The van der Waals surface area contributed by atoms with Gasteiger partial charge in [0.1, 0.15) is 4.21 Å². The number of amides is 1. The van der Waals surface area contributed by atoms with Gasteiger partial charge in [-0.05, 0) is 55.5 Å². The highest BCUT2D eigenvalue weighted by Gasteiger charge is 2.43. The van der Waals surface area contributed by atoms with E-state index in [4.69, 9.17) is 0 Å². The minimum atomic E-state index is -3.44. The first-order valence-electron chi connectivity index (χ1n) is 8.81. The van der Waals surface area contributed by atoms with E-state index in [1.165, 1.54) is 11.3 Å². The second-order valence-electron chi connectivity index (χ2n) is 7.49. The van der Waals surface area contributed by atoms with Crippen LogP contribution in [0.15, 0.2) is 15.7 Å². The Kier molecular flexibility index (Phi) is 4.21. The number of thiophene rings is 1. The molecular weight excluding hydrogens is 344 g/mol. The van der Waals surface area contributed by atoms with Crippen LogP contribution in [-0.4, -0.2) is 49.2 Å². The van der Waals surface area contributed by atoms with Crippen LogP contribution >= 0.6 is 11.3 Å². The van der Waals surface area contributed by atoms with E-state index >= 15 is 0 Å². The number of sulfonamides is 1. The number of hydrogen-bond acceptors (Lipinski definition) is 4. The van der Waals surface area contributed by atoms with Crippen LogP contribution in [-0.2, 0) is 14.8 Å². The monoisotopic (exact) mass is 368 g/mol. The van der Waals surface area contributed by atoms with Gasteiger partial charge < -0.3 is 4.90 Å². The number of fused-ring (bicyclic) bond motifs is 4. The summed E-state index contributed by atoms with van der Waals surface area (Å²) in [5.74, 6) is 0.709. The van der Waals surface area contributed by atoms with Crippen LogP contribution < -0.4 is 0 Å². The maximum atomic E-state index is 13.1. The molecule has 4 aliphatic rings. The van der Waals surface area contributed by atoms with Gasteiger partial charge in [-0.3, -0.25) is 4.79 Å². The molecule has 1 aromatic rings. The molecule has 4 heterocycles. The summed E-state index contributed by atoms with van der Waals surface area (Å²) in [6.45, 7) is 3.76. The second-order valence-corrected chi connectivity index (χ2v) is 10.5. The van der Waals surface area contributed by atoms with Gasteiger partial charge in [0.15, 0.2) is 0 Å². The highest BCUT2D eigenvalue weighted by Crippen LogP contribution is 2.36. The number of rotatable bonds is 3. The van der Waals surface area contributed by atoms with Crippen molar-refractivity contribution in [3.63, 3.8) is 0 Å². The van der Waals surface area contributed by atoms with Gasteiger partial charge in [0.05, 0.1) is 0 Å². The summed E-state index contributed by atoms with van der Waals surface area (Å²) >= 11 is 1.30. The molecule has 2 atom stereocenters. The fourth-order valence-electron chi connectivity index (χ4n) is 4.08. The third-order valence-electron chi connectivity index (χ3n) is 5.70. The van der Waals surface area contributed by atoms with Gasteiger partial charge in [-0.15, -0.1) is 11.3 Å². The normalized spacial score (nSPS) is 28.6. The number of piperidine rings is 1. The summed E-state index contributed by atoms with van der Waals surface area (Å²) in [6.07, 6.45) is 5.04. The van der Waals surface area contributed by atoms with Crippen molar-refractivity contribution < 1.29 is 13.2 Å². The summed E-state index contributed by atoms with van der Waals surface area (Å²) in [7, 11) is -3.44. The molecule has 3 aliphatic heterocycles. The lowest BCUT2D eigenvalue weighted by Crippen LogP contribution is -2.48. The van der Waals surface area contributed by atoms with Crippen molar-refractivity contribution in [2.24, 2.45) is 11.8 Å². The highest BCUT2D eigenvalue weighted by atomic mass is 32.2.